The Morgan fingerprint density at radius 3 is 2.81 bits per heavy atom. The molecule has 3 rings (SSSR count). The normalized spacial score (nSPS) is 17.7. The lowest BCUT2D eigenvalue weighted by atomic mass is 10.1. The SMILES string of the molecule is CSC1(Cn2c(CCCl)nc3c(F)cccc32)CCCC1. The molecule has 0 aliphatic heterocycles. The zero-order chi connectivity index (χ0) is 14.9. The Bertz CT molecular complexity index is 634. The van der Waals surface area contributed by atoms with Gasteiger partial charge in [0.1, 0.15) is 11.3 Å². The van der Waals surface area contributed by atoms with Gasteiger partial charge in [0.2, 0.25) is 0 Å². The zero-order valence-electron chi connectivity index (χ0n) is 12.2. The van der Waals surface area contributed by atoms with Crippen molar-refractivity contribution in [1.82, 2.24) is 9.55 Å². The summed E-state index contributed by atoms with van der Waals surface area (Å²) in [5.74, 6) is 1.18. The van der Waals surface area contributed by atoms with Crippen LogP contribution in [0.4, 0.5) is 4.39 Å². The highest BCUT2D eigenvalue weighted by Crippen LogP contribution is 2.42. The first-order valence-electron chi connectivity index (χ1n) is 7.44. The number of hydrogen-bond acceptors (Lipinski definition) is 2. The molecule has 1 fully saturated rings. The fourth-order valence-corrected chi connectivity index (χ4v) is 4.47. The van der Waals surface area contributed by atoms with E-state index in [1.165, 1.54) is 31.7 Å². The predicted octanol–water partition coefficient (Wildman–Crippen LogP) is 4.63. The number of halogens is 2. The highest BCUT2D eigenvalue weighted by atomic mass is 35.5. The van der Waals surface area contributed by atoms with Crippen LogP contribution in [0.2, 0.25) is 0 Å². The summed E-state index contributed by atoms with van der Waals surface area (Å²) < 4.78 is 16.5. The Balaban J connectivity index is 2.06. The molecule has 1 heterocycles. The summed E-state index contributed by atoms with van der Waals surface area (Å²) in [5.41, 5.74) is 1.38. The summed E-state index contributed by atoms with van der Waals surface area (Å²) in [7, 11) is 0. The molecule has 21 heavy (non-hydrogen) atoms. The van der Waals surface area contributed by atoms with Gasteiger partial charge in [0.25, 0.3) is 0 Å². The number of alkyl halides is 1. The quantitative estimate of drug-likeness (QED) is 0.745. The van der Waals surface area contributed by atoms with Crippen molar-refractivity contribution in [2.45, 2.75) is 43.4 Å². The maximum atomic E-state index is 14.0. The Hall–Kier alpha value is -0.740. The van der Waals surface area contributed by atoms with Crippen molar-refractivity contribution in [3.05, 3.63) is 29.8 Å². The van der Waals surface area contributed by atoms with E-state index in [9.17, 15) is 4.39 Å². The number of nitrogens with zero attached hydrogens (tertiary/aromatic N) is 2. The first-order chi connectivity index (χ1) is 10.2. The number of aryl methyl sites for hydroxylation is 1. The molecule has 5 heteroatoms. The molecule has 0 N–H and O–H groups in total. The summed E-state index contributed by atoms with van der Waals surface area (Å²) in [4.78, 5) is 4.50. The molecular formula is C16H20ClFN2S. The van der Waals surface area contributed by atoms with Crippen LogP contribution in [0.5, 0.6) is 0 Å². The second kappa shape index (κ2) is 6.17. The lowest BCUT2D eigenvalue weighted by molar-refractivity contribution is 0.502. The third-order valence-corrected chi connectivity index (χ3v) is 6.11. The number of rotatable bonds is 5. The molecule has 0 bridgehead atoms. The van der Waals surface area contributed by atoms with Crippen LogP contribution < -0.4 is 0 Å². The van der Waals surface area contributed by atoms with E-state index in [1.807, 2.05) is 17.8 Å². The molecule has 0 spiro atoms. The second-order valence-electron chi connectivity index (χ2n) is 5.75. The van der Waals surface area contributed by atoms with Gasteiger partial charge < -0.3 is 4.57 Å². The van der Waals surface area contributed by atoms with E-state index in [4.69, 9.17) is 11.6 Å². The van der Waals surface area contributed by atoms with Crippen LogP contribution in [0.3, 0.4) is 0 Å². The summed E-state index contributed by atoms with van der Waals surface area (Å²) in [6.45, 7) is 0.903. The van der Waals surface area contributed by atoms with E-state index in [1.54, 1.807) is 6.07 Å². The molecule has 1 aromatic heterocycles. The summed E-state index contributed by atoms with van der Waals surface area (Å²) in [6.07, 6.45) is 7.89. The van der Waals surface area contributed by atoms with Gasteiger partial charge >= 0.3 is 0 Å². The highest BCUT2D eigenvalue weighted by Gasteiger charge is 2.34. The van der Waals surface area contributed by atoms with Gasteiger partial charge in [0, 0.05) is 23.6 Å². The van der Waals surface area contributed by atoms with E-state index >= 15 is 0 Å². The van der Waals surface area contributed by atoms with Crippen LogP contribution >= 0.6 is 23.4 Å². The van der Waals surface area contributed by atoms with Crippen molar-refractivity contribution in [1.29, 1.82) is 0 Å². The average molecular weight is 327 g/mol. The van der Waals surface area contributed by atoms with Gasteiger partial charge in [-0.25, -0.2) is 9.37 Å². The van der Waals surface area contributed by atoms with E-state index in [2.05, 4.69) is 15.8 Å². The number of para-hydroxylation sites is 1. The lowest BCUT2D eigenvalue weighted by Crippen LogP contribution is -2.27. The van der Waals surface area contributed by atoms with Gasteiger partial charge in [-0.3, -0.25) is 0 Å². The number of aromatic nitrogens is 2. The van der Waals surface area contributed by atoms with Crippen molar-refractivity contribution in [3.63, 3.8) is 0 Å². The molecule has 0 radical (unpaired) electrons. The predicted molar refractivity (Wildman–Crippen MR) is 88.8 cm³/mol. The average Bonchev–Trinajstić information content (AvgIpc) is 3.08. The number of imidazole rings is 1. The third-order valence-electron chi connectivity index (χ3n) is 4.52. The number of hydrogen-bond donors (Lipinski definition) is 0. The molecule has 1 aliphatic carbocycles. The summed E-state index contributed by atoms with van der Waals surface area (Å²) in [6, 6.07) is 5.21. The third kappa shape index (κ3) is 2.80. The molecule has 1 aliphatic rings. The zero-order valence-corrected chi connectivity index (χ0v) is 13.8. The van der Waals surface area contributed by atoms with E-state index in [-0.39, 0.29) is 10.6 Å². The summed E-state index contributed by atoms with van der Waals surface area (Å²) in [5, 5.41) is 0. The molecule has 2 aromatic rings. The molecule has 1 saturated carbocycles. The largest absolute Gasteiger partial charge is 0.326 e. The molecule has 0 unspecified atom stereocenters. The minimum Gasteiger partial charge on any atom is -0.326 e. The van der Waals surface area contributed by atoms with E-state index in [0.29, 0.717) is 17.8 Å². The lowest BCUT2D eigenvalue weighted by Gasteiger charge is -2.28. The van der Waals surface area contributed by atoms with E-state index < -0.39 is 0 Å². The van der Waals surface area contributed by atoms with Crippen molar-refractivity contribution in [3.8, 4) is 0 Å². The molecule has 0 atom stereocenters. The smallest absolute Gasteiger partial charge is 0.151 e. The Morgan fingerprint density at radius 1 is 1.38 bits per heavy atom. The molecular weight excluding hydrogens is 307 g/mol. The van der Waals surface area contributed by atoms with Gasteiger partial charge in [0.05, 0.1) is 5.52 Å². The Labute approximate surface area is 134 Å². The van der Waals surface area contributed by atoms with Gasteiger partial charge in [0.15, 0.2) is 5.82 Å². The van der Waals surface area contributed by atoms with Gasteiger partial charge in [-0.15, -0.1) is 11.6 Å². The molecule has 0 saturated heterocycles. The number of thioether (sulfide) groups is 1. The monoisotopic (exact) mass is 326 g/mol. The summed E-state index contributed by atoms with van der Waals surface area (Å²) >= 11 is 7.85. The maximum Gasteiger partial charge on any atom is 0.151 e. The number of fused-ring (bicyclic) bond motifs is 1. The fraction of sp³-hybridized carbons (Fsp3) is 0.562. The second-order valence-corrected chi connectivity index (χ2v) is 7.41. The molecule has 2 nitrogen and oxygen atoms in total. The topological polar surface area (TPSA) is 17.8 Å². The van der Waals surface area contributed by atoms with Crippen LogP contribution in [0.15, 0.2) is 18.2 Å². The highest BCUT2D eigenvalue weighted by molar-refractivity contribution is 8.00. The maximum absolute atomic E-state index is 14.0. The molecule has 114 valence electrons. The van der Waals surface area contributed by atoms with Gasteiger partial charge in [-0.2, -0.15) is 11.8 Å². The van der Waals surface area contributed by atoms with Crippen LogP contribution in [0.25, 0.3) is 11.0 Å². The number of benzene rings is 1. The molecule has 1 aromatic carbocycles. The standard InChI is InChI=1S/C16H20ClFN2S/c1-21-16(8-2-3-9-16)11-20-13-6-4-5-12(18)15(13)19-14(20)7-10-17/h4-6H,2-3,7-11H2,1H3. The van der Waals surface area contributed by atoms with Crippen LogP contribution in [0, 0.1) is 5.82 Å². The minimum absolute atomic E-state index is 0.244. The van der Waals surface area contributed by atoms with E-state index in [0.717, 1.165) is 17.9 Å². The van der Waals surface area contributed by atoms with Crippen LogP contribution in [-0.2, 0) is 13.0 Å². The van der Waals surface area contributed by atoms with Crippen LogP contribution in [0.1, 0.15) is 31.5 Å². The van der Waals surface area contributed by atoms with Gasteiger partial charge in [-0.1, -0.05) is 18.9 Å². The first-order valence-corrected chi connectivity index (χ1v) is 9.20. The van der Waals surface area contributed by atoms with Crippen molar-refractivity contribution in [2.24, 2.45) is 0 Å². The minimum atomic E-state index is -0.244. The van der Waals surface area contributed by atoms with Crippen molar-refractivity contribution in [2.75, 3.05) is 12.1 Å². The van der Waals surface area contributed by atoms with Crippen molar-refractivity contribution >= 4 is 34.4 Å². The van der Waals surface area contributed by atoms with Crippen LogP contribution in [-0.4, -0.2) is 26.4 Å². The van der Waals surface area contributed by atoms with Crippen molar-refractivity contribution < 1.29 is 4.39 Å². The molecule has 0 amide bonds. The Kier molecular flexibility index (Phi) is 4.46. The fourth-order valence-electron chi connectivity index (χ4n) is 3.35. The first kappa shape index (κ1) is 15.2. The van der Waals surface area contributed by atoms with Gasteiger partial charge in [-0.05, 0) is 31.2 Å². The Morgan fingerprint density at radius 2 is 2.14 bits per heavy atom.